The van der Waals surface area contributed by atoms with E-state index >= 15 is 0 Å². The Morgan fingerprint density at radius 1 is 1.60 bits per heavy atom. The first-order valence-corrected chi connectivity index (χ1v) is 6.95. The van der Waals surface area contributed by atoms with Crippen LogP contribution in [0.1, 0.15) is 27.9 Å². The molecule has 0 aliphatic carbocycles. The smallest absolute Gasteiger partial charge is 0.176 e. The van der Waals surface area contributed by atoms with Crippen LogP contribution in [-0.2, 0) is 13.6 Å². The lowest BCUT2D eigenvalue weighted by Crippen LogP contribution is -2.00. The zero-order valence-electron chi connectivity index (χ0n) is 12.0. The molecule has 0 aliphatic rings. The van der Waals surface area contributed by atoms with Crippen molar-refractivity contribution in [2.24, 2.45) is 7.05 Å². The molecule has 3 N–H and O–H groups in total. The van der Waals surface area contributed by atoms with Gasteiger partial charge in [0.25, 0.3) is 0 Å². The minimum Gasteiger partial charge on any atom is -0.492 e. The number of nitrogens with one attached hydrogen (secondary N) is 1. The molecule has 6 nitrogen and oxygen atoms in total. The van der Waals surface area contributed by atoms with Crippen LogP contribution in [0, 0.1) is 6.92 Å². The summed E-state index contributed by atoms with van der Waals surface area (Å²) in [5.41, 5.74) is 8.38. The van der Waals surface area contributed by atoms with Gasteiger partial charge in [0.05, 0.1) is 23.4 Å². The first kappa shape index (κ1) is 14.4. The summed E-state index contributed by atoms with van der Waals surface area (Å²) in [6.07, 6.45) is 1.96. The van der Waals surface area contributed by atoms with Crippen molar-refractivity contribution in [2.75, 3.05) is 18.2 Å². The third-order valence-electron chi connectivity index (χ3n) is 2.98. The van der Waals surface area contributed by atoms with E-state index in [1.165, 1.54) is 18.3 Å². The van der Waals surface area contributed by atoms with Crippen LogP contribution in [0.25, 0.3) is 0 Å². The van der Waals surface area contributed by atoms with Crippen LogP contribution >= 0.6 is 11.3 Å². The summed E-state index contributed by atoms with van der Waals surface area (Å²) >= 11 is 1.31. The minimum atomic E-state index is -0.0589. The first-order valence-electron chi connectivity index (χ1n) is 6.14. The van der Waals surface area contributed by atoms with Gasteiger partial charge in [0.1, 0.15) is 5.00 Å². The minimum absolute atomic E-state index is 0.0589. The number of methoxy groups -OCH3 is 1. The topological polar surface area (TPSA) is 82.2 Å². The van der Waals surface area contributed by atoms with E-state index < -0.39 is 0 Å². The average Bonchev–Trinajstić information content (AvgIpc) is 2.86. The summed E-state index contributed by atoms with van der Waals surface area (Å²) < 4.78 is 7.05. The normalized spacial score (nSPS) is 10.6. The summed E-state index contributed by atoms with van der Waals surface area (Å²) in [4.78, 5) is 12.0. The number of carbonyl (C=O) groups is 1. The van der Waals surface area contributed by atoms with Crippen molar-refractivity contribution < 1.29 is 9.53 Å². The number of nitrogens with zero attached hydrogens (tertiary/aromatic N) is 2. The number of ketones is 1. The molecule has 2 aromatic heterocycles. The van der Waals surface area contributed by atoms with E-state index in [1.807, 2.05) is 20.2 Å². The highest BCUT2D eigenvalue weighted by Gasteiger charge is 2.19. The number of carbonyl (C=O) groups excluding carboxylic acids is 1. The second-order valence-corrected chi connectivity index (χ2v) is 5.55. The third-order valence-corrected chi connectivity index (χ3v) is 4.22. The molecule has 2 heterocycles. The fraction of sp³-hybridized carbons (Fsp3) is 0.385. The first-order chi connectivity index (χ1) is 9.43. The van der Waals surface area contributed by atoms with Crippen molar-refractivity contribution in [1.29, 1.82) is 0 Å². The Balaban J connectivity index is 2.23. The molecule has 2 aromatic rings. The van der Waals surface area contributed by atoms with Gasteiger partial charge in [-0.1, -0.05) is 0 Å². The van der Waals surface area contributed by atoms with Gasteiger partial charge >= 0.3 is 0 Å². The summed E-state index contributed by atoms with van der Waals surface area (Å²) in [7, 11) is 3.43. The molecule has 0 bridgehead atoms. The van der Waals surface area contributed by atoms with Gasteiger partial charge in [-0.2, -0.15) is 5.10 Å². The van der Waals surface area contributed by atoms with Gasteiger partial charge in [0.2, 0.25) is 0 Å². The Labute approximate surface area is 121 Å². The van der Waals surface area contributed by atoms with E-state index in [4.69, 9.17) is 10.5 Å². The predicted molar refractivity (Wildman–Crippen MR) is 80.6 cm³/mol. The number of rotatable bonds is 5. The van der Waals surface area contributed by atoms with Gasteiger partial charge in [0, 0.05) is 32.3 Å². The molecule has 0 saturated carbocycles. The van der Waals surface area contributed by atoms with Crippen molar-refractivity contribution in [3.8, 4) is 5.75 Å². The van der Waals surface area contributed by atoms with Crippen molar-refractivity contribution in [3.05, 3.63) is 22.3 Å². The maximum absolute atomic E-state index is 11.5. The number of nitrogens with two attached hydrogens (primary N) is 1. The number of ether oxygens (including phenoxy) is 1. The SMILES string of the molecule is COc1c(NCc2cn(C)nc2C)sc(C(C)=O)c1N. The average molecular weight is 294 g/mol. The van der Waals surface area contributed by atoms with E-state index in [0.29, 0.717) is 22.9 Å². The Morgan fingerprint density at radius 3 is 2.80 bits per heavy atom. The van der Waals surface area contributed by atoms with Crippen LogP contribution in [-0.4, -0.2) is 22.7 Å². The summed E-state index contributed by atoms with van der Waals surface area (Å²) in [6, 6.07) is 0. The summed E-state index contributed by atoms with van der Waals surface area (Å²) in [5, 5.41) is 8.31. The van der Waals surface area contributed by atoms with Crippen molar-refractivity contribution in [3.63, 3.8) is 0 Å². The predicted octanol–water partition coefficient (Wildman–Crippen LogP) is 2.20. The zero-order valence-corrected chi connectivity index (χ0v) is 12.8. The van der Waals surface area contributed by atoms with Gasteiger partial charge in [-0.05, 0) is 6.92 Å². The molecule has 0 spiro atoms. The van der Waals surface area contributed by atoms with Gasteiger partial charge in [-0.3, -0.25) is 9.48 Å². The number of thiophene rings is 1. The van der Waals surface area contributed by atoms with Gasteiger partial charge in [0.15, 0.2) is 11.5 Å². The maximum Gasteiger partial charge on any atom is 0.176 e. The Morgan fingerprint density at radius 2 is 2.30 bits per heavy atom. The molecule has 0 radical (unpaired) electrons. The lowest BCUT2D eigenvalue weighted by atomic mass is 10.2. The second-order valence-electron chi connectivity index (χ2n) is 4.53. The quantitative estimate of drug-likeness (QED) is 0.826. The fourth-order valence-electron chi connectivity index (χ4n) is 2.01. The number of aromatic nitrogens is 2. The molecule has 0 amide bonds. The highest BCUT2D eigenvalue weighted by atomic mass is 32.1. The Kier molecular flexibility index (Phi) is 3.99. The Hall–Kier alpha value is -2.02. The van der Waals surface area contributed by atoms with Gasteiger partial charge in [-0.15, -0.1) is 11.3 Å². The molecule has 0 aromatic carbocycles. The van der Waals surface area contributed by atoms with E-state index in [-0.39, 0.29) is 5.78 Å². The Bertz CT molecular complexity index is 645. The molecule has 0 fully saturated rings. The molecule has 2 rings (SSSR count). The molecule has 0 atom stereocenters. The van der Waals surface area contributed by atoms with E-state index in [9.17, 15) is 4.79 Å². The second kappa shape index (κ2) is 5.54. The van der Waals surface area contributed by atoms with Crippen LogP contribution < -0.4 is 15.8 Å². The van der Waals surface area contributed by atoms with Crippen LogP contribution in [0.3, 0.4) is 0 Å². The van der Waals surface area contributed by atoms with E-state index in [2.05, 4.69) is 10.4 Å². The van der Waals surface area contributed by atoms with Crippen LogP contribution in [0.4, 0.5) is 10.7 Å². The van der Waals surface area contributed by atoms with Crippen molar-refractivity contribution in [1.82, 2.24) is 9.78 Å². The zero-order chi connectivity index (χ0) is 14.9. The van der Waals surface area contributed by atoms with E-state index in [0.717, 1.165) is 16.3 Å². The highest BCUT2D eigenvalue weighted by Crippen LogP contribution is 2.42. The number of aryl methyl sites for hydroxylation is 2. The maximum atomic E-state index is 11.5. The summed E-state index contributed by atoms with van der Waals surface area (Å²) in [5.74, 6) is 0.471. The summed E-state index contributed by atoms with van der Waals surface area (Å²) in [6.45, 7) is 4.06. The molecule has 20 heavy (non-hydrogen) atoms. The number of hydrogen-bond donors (Lipinski definition) is 2. The number of anilines is 2. The highest BCUT2D eigenvalue weighted by molar-refractivity contribution is 7.19. The number of nitrogen functional groups attached to an aromatic ring is 1. The molecule has 0 saturated heterocycles. The molecular formula is C13H18N4O2S. The van der Waals surface area contributed by atoms with Gasteiger partial charge in [-0.25, -0.2) is 0 Å². The lowest BCUT2D eigenvalue weighted by molar-refractivity contribution is 0.102. The van der Waals surface area contributed by atoms with E-state index in [1.54, 1.807) is 11.8 Å². The lowest BCUT2D eigenvalue weighted by Gasteiger charge is -2.06. The van der Waals surface area contributed by atoms with Crippen molar-refractivity contribution in [2.45, 2.75) is 20.4 Å². The van der Waals surface area contributed by atoms with Crippen LogP contribution in [0.2, 0.25) is 0 Å². The standard InChI is InChI=1S/C13H18N4O2S/c1-7-9(6-17(3)16-7)5-15-13-11(19-4)10(14)12(20-13)8(2)18/h6,15H,5,14H2,1-4H3. The molecule has 7 heteroatoms. The molecule has 108 valence electrons. The van der Waals surface area contributed by atoms with Gasteiger partial charge < -0.3 is 15.8 Å². The monoisotopic (exact) mass is 294 g/mol. The number of Topliss-reactive ketones (excluding diaryl/α,β-unsaturated/α-hetero) is 1. The molecule has 0 unspecified atom stereocenters. The fourth-order valence-corrected chi connectivity index (χ4v) is 2.99. The van der Waals surface area contributed by atoms with Crippen LogP contribution in [0.5, 0.6) is 5.75 Å². The third kappa shape index (κ3) is 2.62. The molecule has 0 aliphatic heterocycles. The van der Waals surface area contributed by atoms with Crippen LogP contribution in [0.15, 0.2) is 6.20 Å². The van der Waals surface area contributed by atoms with Crippen molar-refractivity contribution >= 4 is 27.8 Å². The molecular weight excluding hydrogens is 276 g/mol. The number of hydrogen-bond acceptors (Lipinski definition) is 6. The largest absolute Gasteiger partial charge is 0.492 e.